The van der Waals surface area contributed by atoms with Crippen LogP contribution in [0.3, 0.4) is 0 Å². The van der Waals surface area contributed by atoms with Gasteiger partial charge in [0.2, 0.25) is 11.6 Å². The Labute approximate surface area is 197 Å². The zero-order chi connectivity index (χ0) is 24.6. The summed E-state index contributed by atoms with van der Waals surface area (Å²) in [6.45, 7) is 5.03. The quantitative estimate of drug-likeness (QED) is 0.547. The Morgan fingerprint density at radius 3 is 1.41 bits per heavy atom. The summed E-state index contributed by atoms with van der Waals surface area (Å²) in [5.74, 6) is -3.06. The molecule has 2 aliphatic heterocycles. The van der Waals surface area contributed by atoms with Crippen molar-refractivity contribution in [2.75, 3.05) is 22.9 Å². The van der Waals surface area contributed by atoms with Crippen molar-refractivity contribution in [3.05, 3.63) is 70.0 Å². The number of carboxylic acid groups (broad SMARTS) is 2. The van der Waals surface area contributed by atoms with Crippen LogP contribution in [0, 0.1) is 0 Å². The molecular formula is C26H26N2O6. The molecule has 8 nitrogen and oxygen atoms in total. The maximum absolute atomic E-state index is 13.7. The van der Waals surface area contributed by atoms with Gasteiger partial charge in [0, 0.05) is 24.2 Å². The molecule has 0 aliphatic carbocycles. The first-order chi connectivity index (χ1) is 16.3. The average Bonchev–Trinajstić information content (AvgIpc) is 3.25. The molecule has 0 amide bonds. The van der Waals surface area contributed by atoms with Gasteiger partial charge in [-0.3, -0.25) is 9.59 Å². The third-order valence-electron chi connectivity index (χ3n) is 6.22. The number of allylic oxidation sites excluding steroid dienone is 2. The van der Waals surface area contributed by atoms with Gasteiger partial charge in [-0.05, 0) is 49.2 Å². The van der Waals surface area contributed by atoms with Gasteiger partial charge in [-0.15, -0.1) is 0 Å². The number of fused-ring (bicyclic) bond motifs is 2. The van der Waals surface area contributed by atoms with Crippen molar-refractivity contribution in [2.24, 2.45) is 0 Å². The molecule has 2 aromatic carbocycles. The lowest BCUT2D eigenvalue weighted by Crippen LogP contribution is -2.31. The van der Waals surface area contributed by atoms with Gasteiger partial charge in [0.15, 0.2) is 0 Å². The highest BCUT2D eigenvalue weighted by atomic mass is 16.4. The number of carboxylic acids is 2. The number of anilines is 2. The summed E-state index contributed by atoms with van der Waals surface area (Å²) in [5.41, 5.74) is 2.12. The Kier molecular flexibility index (Phi) is 6.24. The number of rotatable bonds is 8. The molecule has 0 saturated carbocycles. The van der Waals surface area contributed by atoms with Gasteiger partial charge in [0.1, 0.15) is 11.4 Å². The summed E-state index contributed by atoms with van der Waals surface area (Å²) < 4.78 is 0. The SMILES string of the molecule is CCCCN1C(=C2C(=O)c3cc(C(=O)O)ccc3N2CCCC)C(=O)c2cc(C(=O)O)ccc21. The van der Waals surface area contributed by atoms with Crippen LogP contribution in [0.25, 0.3) is 0 Å². The van der Waals surface area contributed by atoms with Crippen molar-refractivity contribution in [3.63, 3.8) is 0 Å². The van der Waals surface area contributed by atoms with Gasteiger partial charge in [-0.2, -0.15) is 0 Å². The average molecular weight is 463 g/mol. The molecule has 0 fully saturated rings. The highest BCUT2D eigenvalue weighted by molar-refractivity contribution is 6.28. The summed E-state index contributed by atoms with van der Waals surface area (Å²) in [6, 6.07) is 8.87. The van der Waals surface area contributed by atoms with Gasteiger partial charge in [-0.25, -0.2) is 9.59 Å². The first-order valence-corrected chi connectivity index (χ1v) is 11.4. The molecule has 0 saturated heterocycles. The molecule has 0 spiro atoms. The van der Waals surface area contributed by atoms with Crippen molar-refractivity contribution < 1.29 is 29.4 Å². The van der Waals surface area contributed by atoms with Crippen LogP contribution < -0.4 is 9.80 Å². The van der Waals surface area contributed by atoms with Gasteiger partial charge in [0.25, 0.3) is 0 Å². The van der Waals surface area contributed by atoms with Crippen molar-refractivity contribution >= 4 is 34.9 Å². The van der Waals surface area contributed by atoms with Crippen molar-refractivity contribution in [1.29, 1.82) is 0 Å². The van der Waals surface area contributed by atoms with E-state index in [9.17, 15) is 29.4 Å². The standard InChI is InChI=1S/C26H26N2O6/c1-3-5-11-27-19-9-7-15(25(31)32)13-17(19)23(29)21(27)22-24(30)18-14-16(26(33)34)8-10-20(18)28(22)12-6-4-2/h7-10,13-14H,3-6,11-12H2,1-2H3,(H,31,32)(H,33,34). The van der Waals surface area contributed by atoms with Crippen molar-refractivity contribution in [3.8, 4) is 0 Å². The van der Waals surface area contributed by atoms with E-state index in [0.717, 1.165) is 25.7 Å². The molecular weight excluding hydrogens is 436 g/mol. The number of unbranched alkanes of at least 4 members (excludes halogenated alkanes) is 2. The number of nitrogens with zero attached hydrogens (tertiary/aromatic N) is 2. The zero-order valence-corrected chi connectivity index (χ0v) is 19.1. The molecule has 2 N–H and O–H groups in total. The van der Waals surface area contributed by atoms with Gasteiger partial charge >= 0.3 is 11.9 Å². The lowest BCUT2D eigenvalue weighted by molar-refractivity contribution is 0.0686. The lowest BCUT2D eigenvalue weighted by Gasteiger charge is -2.26. The molecule has 2 aliphatic rings. The smallest absolute Gasteiger partial charge is 0.335 e. The third kappa shape index (κ3) is 3.75. The fourth-order valence-corrected chi connectivity index (χ4v) is 4.48. The van der Waals surface area contributed by atoms with Crippen LogP contribution in [-0.4, -0.2) is 46.8 Å². The fraction of sp³-hybridized carbons (Fsp3) is 0.308. The molecule has 0 radical (unpaired) electrons. The summed E-state index contributed by atoms with van der Waals surface area (Å²) in [7, 11) is 0. The molecule has 0 unspecified atom stereocenters. The molecule has 0 atom stereocenters. The van der Waals surface area contributed by atoms with Gasteiger partial charge in [-0.1, -0.05) is 26.7 Å². The van der Waals surface area contributed by atoms with Crippen LogP contribution in [0.5, 0.6) is 0 Å². The molecule has 2 aromatic rings. The highest BCUT2D eigenvalue weighted by Gasteiger charge is 2.43. The normalized spacial score (nSPS) is 16.8. The number of aromatic carboxylic acids is 2. The van der Waals surface area contributed by atoms with Gasteiger partial charge in [0.05, 0.1) is 22.5 Å². The van der Waals surface area contributed by atoms with E-state index in [1.807, 2.05) is 23.6 Å². The predicted octanol–water partition coefficient (Wildman–Crippen LogP) is 4.60. The van der Waals surface area contributed by atoms with Gasteiger partial charge < -0.3 is 20.0 Å². The van der Waals surface area contributed by atoms with E-state index in [1.54, 1.807) is 12.1 Å². The molecule has 0 aromatic heterocycles. The van der Waals surface area contributed by atoms with Crippen LogP contribution in [0.15, 0.2) is 47.8 Å². The summed E-state index contributed by atoms with van der Waals surface area (Å²) in [5, 5.41) is 18.8. The number of hydrogen-bond donors (Lipinski definition) is 2. The Morgan fingerprint density at radius 1 is 0.706 bits per heavy atom. The van der Waals surface area contributed by atoms with E-state index in [1.165, 1.54) is 24.3 Å². The van der Waals surface area contributed by atoms with Crippen LogP contribution in [0.4, 0.5) is 11.4 Å². The molecule has 2 heterocycles. The van der Waals surface area contributed by atoms with Crippen molar-refractivity contribution in [2.45, 2.75) is 39.5 Å². The number of carbonyl (C=O) groups is 4. The minimum atomic E-state index is -1.13. The number of hydrogen-bond acceptors (Lipinski definition) is 6. The Hall–Kier alpha value is -3.94. The third-order valence-corrected chi connectivity index (χ3v) is 6.22. The molecule has 34 heavy (non-hydrogen) atoms. The summed E-state index contributed by atoms with van der Waals surface area (Å²) in [6.07, 6.45) is 3.27. The van der Waals surface area contributed by atoms with Crippen molar-refractivity contribution in [1.82, 2.24) is 0 Å². The Balaban J connectivity index is 1.93. The van der Waals surface area contributed by atoms with E-state index in [2.05, 4.69) is 0 Å². The topological polar surface area (TPSA) is 115 Å². The van der Waals surface area contributed by atoms with E-state index in [4.69, 9.17) is 0 Å². The monoisotopic (exact) mass is 462 g/mol. The molecule has 0 bridgehead atoms. The maximum Gasteiger partial charge on any atom is 0.335 e. The Morgan fingerprint density at radius 2 is 1.09 bits per heavy atom. The van der Waals surface area contributed by atoms with Crippen LogP contribution >= 0.6 is 0 Å². The van der Waals surface area contributed by atoms with E-state index in [0.29, 0.717) is 24.5 Å². The first-order valence-electron chi connectivity index (χ1n) is 11.4. The molecule has 176 valence electrons. The first kappa shape index (κ1) is 23.2. The predicted molar refractivity (Wildman–Crippen MR) is 127 cm³/mol. The molecule has 8 heteroatoms. The lowest BCUT2D eigenvalue weighted by atomic mass is 10.0. The van der Waals surface area contributed by atoms with E-state index in [-0.39, 0.29) is 33.6 Å². The van der Waals surface area contributed by atoms with Crippen LogP contribution in [-0.2, 0) is 0 Å². The summed E-state index contributed by atoms with van der Waals surface area (Å²) >= 11 is 0. The number of Topliss-reactive ketones (excluding diaryl/α,β-unsaturated/α-hetero) is 2. The van der Waals surface area contributed by atoms with E-state index < -0.39 is 23.5 Å². The zero-order valence-electron chi connectivity index (χ0n) is 19.1. The van der Waals surface area contributed by atoms with Crippen LogP contribution in [0.2, 0.25) is 0 Å². The van der Waals surface area contributed by atoms with Crippen LogP contribution in [0.1, 0.15) is 81.0 Å². The second-order valence-electron chi connectivity index (χ2n) is 8.44. The highest BCUT2D eigenvalue weighted by Crippen LogP contribution is 2.43. The minimum Gasteiger partial charge on any atom is -0.478 e. The Bertz CT molecular complexity index is 1150. The minimum absolute atomic E-state index is 0.00349. The second-order valence-corrected chi connectivity index (χ2v) is 8.44. The largest absolute Gasteiger partial charge is 0.478 e. The number of benzene rings is 2. The second kappa shape index (κ2) is 9.13. The summed E-state index contributed by atoms with van der Waals surface area (Å²) in [4.78, 5) is 54.0. The molecule has 4 rings (SSSR count). The van der Waals surface area contributed by atoms with E-state index >= 15 is 0 Å². The number of ketones is 2. The number of carbonyl (C=O) groups excluding carboxylic acids is 2. The maximum atomic E-state index is 13.7. The fourth-order valence-electron chi connectivity index (χ4n) is 4.48.